The molecule has 1 amide bonds. The number of non-ortho nitro benzene ring substituents is 1. The lowest BCUT2D eigenvalue weighted by Crippen LogP contribution is -2.40. The van der Waals surface area contributed by atoms with Crippen LogP contribution in [0.2, 0.25) is 0 Å². The number of rotatable bonds is 2. The molecule has 0 aliphatic carbocycles. The number of nitrogens with zero attached hydrogens (tertiary/aromatic N) is 2. The lowest BCUT2D eigenvalue weighted by Gasteiger charge is -2.38. The predicted molar refractivity (Wildman–Crippen MR) is 88.2 cm³/mol. The normalized spacial score (nSPS) is 19.2. The van der Waals surface area contributed by atoms with Gasteiger partial charge in [0.1, 0.15) is 5.75 Å². The van der Waals surface area contributed by atoms with Crippen LogP contribution in [0.4, 0.5) is 11.4 Å². The van der Waals surface area contributed by atoms with Gasteiger partial charge in [-0.3, -0.25) is 14.9 Å². The summed E-state index contributed by atoms with van der Waals surface area (Å²) in [4.78, 5) is 25.0. The first kappa shape index (κ1) is 14.7. The predicted octanol–water partition coefficient (Wildman–Crippen LogP) is 3.40. The number of para-hydroxylation sites is 1. The van der Waals surface area contributed by atoms with Crippen LogP contribution in [-0.4, -0.2) is 17.4 Å². The van der Waals surface area contributed by atoms with Gasteiger partial charge in [0.15, 0.2) is 0 Å². The average Bonchev–Trinajstić information content (AvgIpc) is 2.61. The fourth-order valence-electron chi connectivity index (χ4n) is 3.55. The van der Waals surface area contributed by atoms with E-state index >= 15 is 0 Å². The number of anilines is 1. The van der Waals surface area contributed by atoms with Gasteiger partial charge in [-0.15, -0.1) is 0 Å². The summed E-state index contributed by atoms with van der Waals surface area (Å²) in [5, 5.41) is 11.0. The second kappa shape index (κ2) is 5.63. The Morgan fingerprint density at radius 3 is 2.83 bits per heavy atom. The van der Waals surface area contributed by atoms with Gasteiger partial charge in [-0.1, -0.05) is 18.2 Å². The summed E-state index contributed by atoms with van der Waals surface area (Å²) in [6.07, 6.45) is 1.62. The van der Waals surface area contributed by atoms with Crippen LogP contribution in [-0.2, 0) is 11.2 Å². The van der Waals surface area contributed by atoms with Crippen LogP contribution in [0.1, 0.15) is 30.0 Å². The Morgan fingerprint density at radius 1 is 1.17 bits per heavy atom. The zero-order chi connectivity index (χ0) is 16.7. The van der Waals surface area contributed by atoms with Crippen LogP contribution in [0, 0.1) is 10.1 Å². The van der Waals surface area contributed by atoms with Crippen molar-refractivity contribution in [1.29, 1.82) is 0 Å². The maximum Gasteiger partial charge on any atom is 0.269 e. The van der Waals surface area contributed by atoms with Crippen molar-refractivity contribution in [1.82, 2.24) is 0 Å². The van der Waals surface area contributed by atoms with Crippen LogP contribution in [0.25, 0.3) is 0 Å². The SMILES string of the molecule is O=C1CCc2cc([N+](=O)[O-])ccc2N1C1CCOc2ccccc21. The molecule has 6 heteroatoms. The summed E-state index contributed by atoms with van der Waals surface area (Å²) in [6, 6.07) is 12.4. The van der Waals surface area contributed by atoms with E-state index in [1.165, 1.54) is 6.07 Å². The lowest BCUT2D eigenvalue weighted by atomic mass is 9.93. The van der Waals surface area contributed by atoms with Crippen LogP contribution in [0.3, 0.4) is 0 Å². The minimum absolute atomic E-state index is 0.0538. The summed E-state index contributed by atoms with van der Waals surface area (Å²) in [7, 11) is 0. The van der Waals surface area contributed by atoms with Gasteiger partial charge >= 0.3 is 0 Å². The maximum absolute atomic E-state index is 12.6. The Morgan fingerprint density at radius 2 is 2.00 bits per heavy atom. The number of ether oxygens (including phenoxy) is 1. The highest BCUT2D eigenvalue weighted by molar-refractivity contribution is 5.97. The average molecular weight is 324 g/mol. The van der Waals surface area contributed by atoms with Crippen LogP contribution in [0.15, 0.2) is 42.5 Å². The van der Waals surface area contributed by atoms with E-state index in [0.717, 1.165) is 22.6 Å². The zero-order valence-corrected chi connectivity index (χ0v) is 13.0. The fraction of sp³-hybridized carbons (Fsp3) is 0.278. The van der Waals surface area contributed by atoms with E-state index in [0.29, 0.717) is 25.9 Å². The monoisotopic (exact) mass is 324 g/mol. The molecule has 0 saturated carbocycles. The van der Waals surface area contributed by atoms with Crippen molar-refractivity contribution >= 4 is 17.3 Å². The van der Waals surface area contributed by atoms with E-state index in [9.17, 15) is 14.9 Å². The van der Waals surface area contributed by atoms with Gasteiger partial charge in [0.2, 0.25) is 5.91 Å². The molecule has 6 nitrogen and oxygen atoms in total. The van der Waals surface area contributed by atoms with Gasteiger partial charge in [-0.05, 0) is 24.1 Å². The van der Waals surface area contributed by atoms with E-state index in [-0.39, 0.29) is 17.6 Å². The summed E-state index contributed by atoms with van der Waals surface area (Å²) >= 11 is 0. The number of carbonyl (C=O) groups is 1. The molecule has 0 fully saturated rings. The topological polar surface area (TPSA) is 72.7 Å². The third kappa shape index (κ3) is 2.31. The lowest BCUT2D eigenvalue weighted by molar-refractivity contribution is -0.384. The number of amides is 1. The number of nitro benzene ring substituents is 1. The van der Waals surface area contributed by atoms with Crippen LogP contribution in [0.5, 0.6) is 5.75 Å². The second-order valence-corrected chi connectivity index (χ2v) is 6.02. The first-order valence-electron chi connectivity index (χ1n) is 7.96. The first-order valence-corrected chi connectivity index (χ1v) is 7.96. The van der Waals surface area contributed by atoms with Gasteiger partial charge < -0.3 is 9.64 Å². The molecule has 0 bridgehead atoms. The molecule has 2 heterocycles. The molecule has 1 atom stereocenters. The molecule has 0 aromatic heterocycles. The maximum atomic E-state index is 12.6. The summed E-state index contributed by atoms with van der Waals surface area (Å²) < 4.78 is 5.69. The highest BCUT2D eigenvalue weighted by atomic mass is 16.6. The molecule has 0 N–H and O–H groups in total. The van der Waals surface area contributed by atoms with E-state index in [2.05, 4.69) is 0 Å². The summed E-state index contributed by atoms with van der Waals surface area (Å²) in [6.45, 7) is 0.549. The molecule has 2 aromatic rings. The molecule has 0 saturated heterocycles. The number of hydrogen-bond donors (Lipinski definition) is 0. The molecule has 24 heavy (non-hydrogen) atoms. The molecule has 122 valence electrons. The van der Waals surface area contributed by atoms with Gasteiger partial charge in [-0.2, -0.15) is 0 Å². The van der Waals surface area contributed by atoms with Gasteiger partial charge in [0, 0.05) is 36.2 Å². The Kier molecular flexibility index (Phi) is 3.45. The third-order valence-corrected chi connectivity index (χ3v) is 4.65. The quantitative estimate of drug-likeness (QED) is 0.627. The highest BCUT2D eigenvalue weighted by Crippen LogP contribution is 2.42. The zero-order valence-electron chi connectivity index (χ0n) is 13.0. The molecule has 2 aliphatic heterocycles. The van der Waals surface area contributed by atoms with Crippen molar-refractivity contribution in [2.45, 2.75) is 25.3 Å². The van der Waals surface area contributed by atoms with Gasteiger partial charge in [0.25, 0.3) is 5.69 Å². The van der Waals surface area contributed by atoms with Gasteiger partial charge in [0.05, 0.1) is 17.6 Å². The highest BCUT2D eigenvalue weighted by Gasteiger charge is 2.35. The number of fused-ring (bicyclic) bond motifs is 2. The van der Waals surface area contributed by atoms with E-state index < -0.39 is 4.92 Å². The van der Waals surface area contributed by atoms with Crippen molar-refractivity contribution in [2.24, 2.45) is 0 Å². The van der Waals surface area contributed by atoms with Crippen LogP contribution >= 0.6 is 0 Å². The number of carbonyl (C=O) groups excluding carboxylic acids is 1. The Bertz CT molecular complexity index is 834. The molecule has 2 aliphatic rings. The summed E-state index contributed by atoms with van der Waals surface area (Å²) in [5.41, 5.74) is 2.69. The standard InChI is InChI=1S/C18H16N2O4/c21-18-8-5-12-11-13(20(22)23)6-7-15(12)19(18)16-9-10-24-17-4-2-1-3-14(16)17/h1-4,6-7,11,16H,5,8-10H2. The molecule has 4 rings (SSSR count). The van der Waals surface area contributed by atoms with Crippen molar-refractivity contribution < 1.29 is 14.5 Å². The van der Waals surface area contributed by atoms with Crippen molar-refractivity contribution in [3.63, 3.8) is 0 Å². The van der Waals surface area contributed by atoms with Crippen molar-refractivity contribution in [3.05, 3.63) is 63.7 Å². The molecular formula is C18H16N2O4. The Labute approximate surface area is 138 Å². The minimum Gasteiger partial charge on any atom is -0.493 e. The molecule has 1 unspecified atom stereocenters. The van der Waals surface area contributed by atoms with E-state index in [1.54, 1.807) is 17.0 Å². The molecular weight excluding hydrogens is 308 g/mol. The Balaban J connectivity index is 1.80. The smallest absolute Gasteiger partial charge is 0.269 e. The third-order valence-electron chi connectivity index (χ3n) is 4.65. The van der Waals surface area contributed by atoms with E-state index in [4.69, 9.17) is 4.74 Å². The molecule has 0 radical (unpaired) electrons. The largest absolute Gasteiger partial charge is 0.493 e. The van der Waals surface area contributed by atoms with Crippen LogP contribution < -0.4 is 9.64 Å². The number of benzene rings is 2. The summed E-state index contributed by atoms with van der Waals surface area (Å²) in [5.74, 6) is 0.855. The Hall–Kier alpha value is -2.89. The number of aryl methyl sites for hydroxylation is 1. The minimum atomic E-state index is -0.398. The van der Waals surface area contributed by atoms with Gasteiger partial charge in [-0.25, -0.2) is 0 Å². The van der Waals surface area contributed by atoms with Crippen molar-refractivity contribution in [2.75, 3.05) is 11.5 Å². The number of nitro groups is 1. The first-order chi connectivity index (χ1) is 11.6. The number of hydrogen-bond acceptors (Lipinski definition) is 4. The van der Waals surface area contributed by atoms with E-state index in [1.807, 2.05) is 24.3 Å². The fourth-order valence-corrected chi connectivity index (χ4v) is 3.55. The van der Waals surface area contributed by atoms with Crippen molar-refractivity contribution in [3.8, 4) is 5.75 Å². The molecule has 0 spiro atoms. The molecule has 2 aromatic carbocycles. The second-order valence-electron chi connectivity index (χ2n) is 6.02.